The second-order valence-electron chi connectivity index (χ2n) is 8.77. The molecule has 1 heterocycles. The summed E-state index contributed by atoms with van der Waals surface area (Å²) in [5.74, 6) is -0.0548. The van der Waals surface area contributed by atoms with Crippen LogP contribution in [0.2, 0.25) is 0 Å². The molecule has 162 valence electrons. The number of amides is 1. The van der Waals surface area contributed by atoms with Crippen LogP contribution >= 0.6 is 0 Å². The Morgan fingerprint density at radius 2 is 1.73 bits per heavy atom. The molecule has 1 fully saturated rings. The maximum Gasteiger partial charge on any atom is 0.261 e. The number of rotatable bonds is 6. The van der Waals surface area contributed by atoms with Gasteiger partial charge in [0.1, 0.15) is 11.6 Å². The Kier molecular flexibility index (Phi) is 6.50. The largest absolute Gasteiger partial charge is 0.484 e. The first-order valence-electron chi connectivity index (χ1n) is 10.0. The average Bonchev–Trinajstić information content (AvgIpc) is 3.04. The van der Waals surface area contributed by atoms with Crippen molar-refractivity contribution in [1.82, 2.24) is 4.90 Å². The lowest BCUT2D eigenvalue weighted by atomic mass is 9.87. The molecule has 2 aromatic rings. The normalized spacial score (nSPS) is 18.2. The van der Waals surface area contributed by atoms with E-state index in [4.69, 9.17) is 4.74 Å². The van der Waals surface area contributed by atoms with Crippen LogP contribution in [0.25, 0.3) is 0 Å². The van der Waals surface area contributed by atoms with Crippen LogP contribution in [0, 0.1) is 5.82 Å². The number of nitrogens with zero attached hydrogens (tertiary/aromatic N) is 1. The van der Waals surface area contributed by atoms with E-state index in [1.54, 1.807) is 17.0 Å². The highest BCUT2D eigenvalue weighted by Gasteiger charge is 2.34. The number of carbonyl (C=O) groups is 1. The topological polar surface area (TPSA) is 63.7 Å². The van der Waals surface area contributed by atoms with Gasteiger partial charge >= 0.3 is 0 Å². The zero-order valence-corrected chi connectivity index (χ0v) is 18.4. The molecule has 0 saturated carbocycles. The predicted octanol–water partition coefficient (Wildman–Crippen LogP) is 3.72. The molecule has 0 bridgehead atoms. The summed E-state index contributed by atoms with van der Waals surface area (Å²) in [4.78, 5) is 14.5. The molecule has 1 amide bonds. The minimum absolute atomic E-state index is 0.0221. The van der Waals surface area contributed by atoms with Crippen molar-refractivity contribution in [2.24, 2.45) is 0 Å². The van der Waals surface area contributed by atoms with Crippen LogP contribution in [0.15, 0.2) is 48.5 Å². The highest BCUT2D eigenvalue weighted by Crippen LogP contribution is 2.25. The van der Waals surface area contributed by atoms with Gasteiger partial charge in [0.15, 0.2) is 16.4 Å². The molecular formula is C23H28FNO4S. The third kappa shape index (κ3) is 5.81. The lowest BCUT2D eigenvalue weighted by Gasteiger charge is -2.28. The van der Waals surface area contributed by atoms with Crippen LogP contribution in [0.3, 0.4) is 0 Å². The zero-order valence-electron chi connectivity index (χ0n) is 17.6. The quantitative estimate of drug-likeness (QED) is 0.697. The van der Waals surface area contributed by atoms with Crippen LogP contribution < -0.4 is 4.74 Å². The second kappa shape index (κ2) is 8.76. The molecule has 1 unspecified atom stereocenters. The maximum atomic E-state index is 13.2. The summed E-state index contributed by atoms with van der Waals surface area (Å²) in [7, 11) is -3.15. The summed E-state index contributed by atoms with van der Waals surface area (Å²) in [6, 6.07) is 13.1. The Labute approximate surface area is 177 Å². The molecule has 5 nitrogen and oxygen atoms in total. The number of halogens is 1. The van der Waals surface area contributed by atoms with E-state index in [-0.39, 0.29) is 41.8 Å². The van der Waals surface area contributed by atoms with Crippen LogP contribution in [0.4, 0.5) is 4.39 Å². The Morgan fingerprint density at radius 1 is 1.10 bits per heavy atom. The SMILES string of the molecule is CC(C)(C)c1ccc(OCC(=O)N(Cc2ccc(F)cc2)C2CCS(=O)(=O)C2)cc1. The first-order valence-corrected chi connectivity index (χ1v) is 11.8. The van der Waals surface area contributed by atoms with Gasteiger partial charge in [-0.2, -0.15) is 0 Å². The van der Waals surface area contributed by atoms with E-state index >= 15 is 0 Å². The van der Waals surface area contributed by atoms with Gasteiger partial charge in [-0.05, 0) is 47.2 Å². The Bertz CT molecular complexity index is 979. The fourth-order valence-electron chi connectivity index (χ4n) is 3.51. The van der Waals surface area contributed by atoms with Crippen molar-refractivity contribution in [3.05, 3.63) is 65.5 Å². The molecule has 3 rings (SSSR count). The molecule has 0 aromatic heterocycles. The Morgan fingerprint density at radius 3 is 2.27 bits per heavy atom. The fraction of sp³-hybridized carbons (Fsp3) is 0.435. The van der Waals surface area contributed by atoms with E-state index in [0.717, 1.165) is 11.1 Å². The van der Waals surface area contributed by atoms with Crippen molar-refractivity contribution < 1.29 is 22.3 Å². The molecular weight excluding hydrogens is 405 g/mol. The van der Waals surface area contributed by atoms with Gasteiger partial charge in [-0.3, -0.25) is 4.79 Å². The summed E-state index contributed by atoms with van der Waals surface area (Å²) >= 11 is 0. The third-order valence-corrected chi connectivity index (χ3v) is 7.07. The van der Waals surface area contributed by atoms with Gasteiger partial charge in [0, 0.05) is 12.6 Å². The summed E-state index contributed by atoms with van der Waals surface area (Å²) in [5, 5.41) is 0. The van der Waals surface area contributed by atoms with E-state index in [0.29, 0.717) is 12.2 Å². The van der Waals surface area contributed by atoms with Crippen molar-refractivity contribution in [1.29, 1.82) is 0 Å². The minimum Gasteiger partial charge on any atom is -0.484 e. The number of sulfone groups is 1. The Balaban J connectivity index is 1.70. The monoisotopic (exact) mass is 433 g/mol. The van der Waals surface area contributed by atoms with Crippen molar-refractivity contribution in [3.63, 3.8) is 0 Å². The third-order valence-electron chi connectivity index (χ3n) is 5.32. The number of benzene rings is 2. The zero-order chi connectivity index (χ0) is 21.9. The van der Waals surface area contributed by atoms with Crippen LogP contribution in [0.1, 0.15) is 38.3 Å². The molecule has 30 heavy (non-hydrogen) atoms. The molecule has 1 saturated heterocycles. The van der Waals surface area contributed by atoms with E-state index in [1.807, 2.05) is 24.3 Å². The highest BCUT2D eigenvalue weighted by atomic mass is 32.2. The molecule has 0 N–H and O–H groups in total. The number of hydrogen-bond acceptors (Lipinski definition) is 4. The molecule has 1 atom stereocenters. The molecule has 1 aliphatic rings. The summed E-state index contributed by atoms with van der Waals surface area (Å²) < 4.78 is 42.8. The van der Waals surface area contributed by atoms with Gasteiger partial charge in [-0.1, -0.05) is 45.0 Å². The maximum absolute atomic E-state index is 13.2. The van der Waals surface area contributed by atoms with E-state index < -0.39 is 15.9 Å². The molecule has 0 spiro atoms. The van der Waals surface area contributed by atoms with Gasteiger partial charge in [0.2, 0.25) is 0 Å². The van der Waals surface area contributed by atoms with Gasteiger partial charge in [0.25, 0.3) is 5.91 Å². The number of ether oxygens (including phenoxy) is 1. The smallest absolute Gasteiger partial charge is 0.261 e. The first-order chi connectivity index (χ1) is 14.0. The lowest BCUT2D eigenvalue weighted by molar-refractivity contribution is -0.136. The van der Waals surface area contributed by atoms with Crippen LogP contribution in [-0.4, -0.2) is 43.4 Å². The highest BCUT2D eigenvalue weighted by molar-refractivity contribution is 7.91. The van der Waals surface area contributed by atoms with Gasteiger partial charge in [-0.15, -0.1) is 0 Å². The minimum atomic E-state index is -3.15. The summed E-state index contributed by atoms with van der Waals surface area (Å²) in [6.45, 7) is 6.39. The average molecular weight is 434 g/mol. The van der Waals surface area contributed by atoms with Crippen molar-refractivity contribution in [2.75, 3.05) is 18.1 Å². The Hall–Kier alpha value is -2.41. The molecule has 1 aliphatic heterocycles. The van der Waals surface area contributed by atoms with Crippen molar-refractivity contribution in [3.8, 4) is 5.75 Å². The van der Waals surface area contributed by atoms with Crippen LogP contribution in [-0.2, 0) is 26.6 Å². The van der Waals surface area contributed by atoms with E-state index in [2.05, 4.69) is 20.8 Å². The van der Waals surface area contributed by atoms with Crippen molar-refractivity contribution in [2.45, 2.75) is 45.2 Å². The molecule has 7 heteroatoms. The molecule has 0 radical (unpaired) electrons. The van der Waals surface area contributed by atoms with E-state index in [1.165, 1.54) is 12.1 Å². The van der Waals surface area contributed by atoms with Gasteiger partial charge < -0.3 is 9.64 Å². The standard InChI is InChI=1S/C23H28FNO4S/c1-23(2,3)18-6-10-21(11-7-18)29-15-22(26)25(20-12-13-30(27,28)16-20)14-17-4-8-19(24)9-5-17/h4-11,20H,12-16H2,1-3H3. The van der Waals surface area contributed by atoms with Crippen LogP contribution in [0.5, 0.6) is 5.75 Å². The summed E-state index contributed by atoms with van der Waals surface area (Å²) in [6.07, 6.45) is 0.398. The number of hydrogen-bond donors (Lipinski definition) is 0. The van der Waals surface area contributed by atoms with Gasteiger partial charge in [-0.25, -0.2) is 12.8 Å². The van der Waals surface area contributed by atoms with E-state index in [9.17, 15) is 17.6 Å². The van der Waals surface area contributed by atoms with Gasteiger partial charge in [0.05, 0.1) is 11.5 Å². The lowest BCUT2D eigenvalue weighted by Crippen LogP contribution is -2.43. The second-order valence-corrected chi connectivity index (χ2v) is 11.0. The predicted molar refractivity (Wildman–Crippen MR) is 115 cm³/mol. The summed E-state index contributed by atoms with van der Waals surface area (Å²) in [5.41, 5.74) is 1.92. The first kappa shape index (κ1) is 22.3. The van der Waals surface area contributed by atoms with Crippen molar-refractivity contribution >= 4 is 15.7 Å². The molecule has 0 aliphatic carbocycles. The molecule has 2 aromatic carbocycles. The fourth-order valence-corrected chi connectivity index (χ4v) is 5.24. The number of carbonyl (C=O) groups excluding carboxylic acids is 1.